The first-order chi connectivity index (χ1) is 30.3. The van der Waals surface area contributed by atoms with E-state index in [0.29, 0.717) is 6.41 Å². The quantitative estimate of drug-likeness (QED) is 0.0927. The first-order valence-corrected chi connectivity index (χ1v) is 23.3. The van der Waals surface area contributed by atoms with Gasteiger partial charge in [0.1, 0.15) is 23.7 Å². The largest absolute Gasteiger partial charge is 0.453 e. The molecule has 2 aromatic carbocycles. The fourth-order valence-corrected chi connectivity index (χ4v) is 10.7. The predicted octanol–water partition coefficient (Wildman–Crippen LogP) is 8.27. The number of aryl methyl sites for hydroxylation is 4. The van der Waals surface area contributed by atoms with Crippen molar-refractivity contribution in [1.82, 2.24) is 40.4 Å². The molecule has 8 atom stereocenters. The maximum absolute atomic E-state index is 14.4. The van der Waals surface area contributed by atoms with Crippen molar-refractivity contribution >= 4 is 24.3 Å². The zero-order valence-corrected chi connectivity index (χ0v) is 38.7. The topological polar surface area (TPSA) is 165 Å². The van der Waals surface area contributed by atoms with E-state index in [9.17, 15) is 19.2 Å². The summed E-state index contributed by atoms with van der Waals surface area (Å²) in [5.74, 6) is 1.58. The number of alkyl carbamates (subject to hydrolysis) is 1. The van der Waals surface area contributed by atoms with E-state index in [2.05, 4.69) is 84.7 Å². The Bertz CT molecular complexity index is 2260. The molecule has 0 spiro atoms. The zero-order chi connectivity index (χ0) is 45.1. The summed E-state index contributed by atoms with van der Waals surface area (Å²) in [7, 11) is 1.32. The molecule has 4 amide bonds. The van der Waals surface area contributed by atoms with Gasteiger partial charge in [-0.15, -0.1) is 0 Å². The molecule has 10 rings (SSSR count). The van der Waals surface area contributed by atoms with Gasteiger partial charge in [0.05, 0.1) is 43.0 Å². The molecule has 4 bridgehead atoms. The summed E-state index contributed by atoms with van der Waals surface area (Å²) in [6.07, 6.45) is 11.5. The highest BCUT2D eigenvalue weighted by atomic mass is 16.5. The van der Waals surface area contributed by atoms with Crippen LogP contribution in [0.15, 0.2) is 48.8 Å². The molecule has 13 heteroatoms. The van der Waals surface area contributed by atoms with Gasteiger partial charge in [-0.2, -0.15) is 0 Å². The van der Waals surface area contributed by atoms with Crippen LogP contribution < -0.4 is 10.6 Å². The molecular weight excluding hydrogens is 793 g/mol. The number of carbonyl (C=O) groups excluding carboxylic acids is 4. The number of ether oxygens (including phenoxy) is 1. The van der Waals surface area contributed by atoms with Gasteiger partial charge < -0.3 is 35.1 Å². The highest BCUT2D eigenvalue weighted by Gasteiger charge is 2.47. The van der Waals surface area contributed by atoms with Crippen LogP contribution in [0.4, 0.5) is 4.79 Å². The predicted molar refractivity (Wildman–Crippen MR) is 244 cm³/mol. The van der Waals surface area contributed by atoms with E-state index < -0.39 is 18.2 Å². The average molecular weight is 861 g/mol. The number of imidazole rings is 2. The lowest BCUT2D eigenvalue weighted by Gasteiger charge is -2.34. The maximum Gasteiger partial charge on any atom is 0.407 e. The van der Waals surface area contributed by atoms with E-state index in [-0.39, 0.29) is 59.7 Å². The highest BCUT2D eigenvalue weighted by Crippen LogP contribution is 2.44. The Morgan fingerprint density at radius 1 is 0.762 bits per heavy atom. The summed E-state index contributed by atoms with van der Waals surface area (Å²) < 4.78 is 4.90. The number of amides is 4. The van der Waals surface area contributed by atoms with Gasteiger partial charge in [0, 0.05) is 23.2 Å². The fourth-order valence-electron chi connectivity index (χ4n) is 10.7. The number of carbonyl (C=O) groups is 4. The third kappa shape index (κ3) is 9.29. The summed E-state index contributed by atoms with van der Waals surface area (Å²) in [4.78, 5) is 73.7. The number of rotatable bonds is 14. The van der Waals surface area contributed by atoms with E-state index in [1.54, 1.807) is 0 Å². The van der Waals surface area contributed by atoms with E-state index >= 15 is 0 Å². The molecule has 63 heavy (non-hydrogen) atoms. The third-order valence-electron chi connectivity index (χ3n) is 14.0. The minimum absolute atomic E-state index is 0.0401. The molecule has 4 heterocycles. The third-order valence-corrected chi connectivity index (χ3v) is 14.0. The van der Waals surface area contributed by atoms with Crippen LogP contribution in [0, 0.1) is 23.7 Å². The van der Waals surface area contributed by atoms with Gasteiger partial charge >= 0.3 is 6.09 Å². The minimum Gasteiger partial charge on any atom is -0.453 e. The number of nitrogens with zero attached hydrogens (tertiary/aromatic N) is 4. The van der Waals surface area contributed by atoms with E-state index in [1.165, 1.54) is 29.4 Å². The number of aromatic nitrogens is 4. The number of H-pyrrole nitrogens is 2. The second-order valence-electron chi connectivity index (χ2n) is 19.0. The fraction of sp³-hybridized carbons (Fsp3) is 0.560. The molecule has 2 saturated heterocycles. The summed E-state index contributed by atoms with van der Waals surface area (Å²) in [5, 5.41) is 5.60. The number of hydrogen-bond acceptors (Lipinski definition) is 7. The summed E-state index contributed by atoms with van der Waals surface area (Å²) in [6.45, 7) is 16.5. The van der Waals surface area contributed by atoms with Gasteiger partial charge in [0.2, 0.25) is 18.2 Å². The van der Waals surface area contributed by atoms with Crippen LogP contribution >= 0.6 is 0 Å². The van der Waals surface area contributed by atoms with Crippen molar-refractivity contribution in [2.75, 3.05) is 7.11 Å². The summed E-state index contributed by atoms with van der Waals surface area (Å²) in [6, 6.07) is 11.9. The Labute approximate surface area is 372 Å². The van der Waals surface area contributed by atoms with Gasteiger partial charge in [-0.3, -0.25) is 14.4 Å². The Kier molecular flexibility index (Phi) is 14.1. The van der Waals surface area contributed by atoms with Crippen molar-refractivity contribution < 1.29 is 23.9 Å². The van der Waals surface area contributed by atoms with Crippen LogP contribution in [0.5, 0.6) is 0 Å². The average Bonchev–Trinajstić information content (AvgIpc) is 4.07. The van der Waals surface area contributed by atoms with Gasteiger partial charge in [0.15, 0.2) is 0 Å². The molecule has 2 fully saturated rings. The van der Waals surface area contributed by atoms with Crippen molar-refractivity contribution in [3.63, 3.8) is 0 Å². The van der Waals surface area contributed by atoms with Crippen molar-refractivity contribution in [1.29, 1.82) is 0 Å². The Hall–Kier alpha value is -5.46. The zero-order valence-electron chi connectivity index (χ0n) is 38.7. The summed E-state index contributed by atoms with van der Waals surface area (Å²) in [5.41, 5.74) is 9.02. The van der Waals surface area contributed by atoms with Crippen molar-refractivity contribution in [2.45, 2.75) is 149 Å². The smallest absolute Gasteiger partial charge is 0.407 e. The van der Waals surface area contributed by atoms with E-state index in [1.807, 2.05) is 49.9 Å². The van der Waals surface area contributed by atoms with Crippen molar-refractivity contribution in [2.24, 2.45) is 23.7 Å². The van der Waals surface area contributed by atoms with Gasteiger partial charge in [-0.1, -0.05) is 86.1 Å². The molecule has 6 aliphatic rings. The lowest BCUT2D eigenvalue weighted by molar-refractivity contribution is -0.139. The first kappa shape index (κ1) is 45.6. The summed E-state index contributed by atoms with van der Waals surface area (Å²) >= 11 is 0. The molecule has 2 aliphatic heterocycles. The number of hydrogen-bond donors (Lipinski definition) is 4. The lowest BCUT2D eigenvalue weighted by Crippen LogP contribution is -2.53. The molecule has 4 N–H and O–H groups in total. The maximum atomic E-state index is 14.4. The highest BCUT2D eigenvalue weighted by molar-refractivity contribution is 5.87. The molecule has 338 valence electrons. The van der Waals surface area contributed by atoms with Gasteiger partial charge in [0.25, 0.3) is 0 Å². The van der Waals surface area contributed by atoms with Crippen LogP contribution in [0.1, 0.15) is 133 Å². The van der Waals surface area contributed by atoms with E-state index in [4.69, 9.17) is 14.7 Å². The number of methoxy groups -OCH3 is 1. The second-order valence-corrected chi connectivity index (χ2v) is 19.0. The van der Waals surface area contributed by atoms with Crippen LogP contribution in [-0.4, -0.2) is 85.3 Å². The molecule has 13 nitrogen and oxygen atoms in total. The van der Waals surface area contributed by atoms with Crippen molar-refractivity contribution in [3.05, 3.63) is 82.7 Å². The minimum atomic E-state index is -0.716. The normalized spacial score (nSPS) is 23.2. The Morgan fingerprint density at radius 2 is 1.25 bits per heavy atom. The number of aromatic amines is 2. The molecule has 0 saturated carbocycles. The molecule has 4 aromatic rings. The standard InChI is InChI=1S/C50H68N8O5/c1-10-12-37-22-31(8)45(58(37)49(61)43(29(5)6)56-50(62)63-9)47-52-26-41(55-47)39-24-33-14-18-34-17-13-32(15-19-35(39)20-16-33)23-38(34)40-25-51-46(54-40)44-30(7)21-36(11-2)57(44)48(60)42(28(3)4)53-27-59/h13,16-17,20,23-31,36-37,42-45H,10-12,14-15,18-19,21-22H2,1-9H3,(H,51,54)(H,52,55)(H,53,59)(H,56,62). The Balaban J connectivity index is 1.15. The second kappa shape index (κ2) is 19.5. The molecule has 2 aromatic heterocycles. The van der Waals surface area contributed by atoms with Gasteiger partial charge in [-0.05, 0) is 109 Å². The SMILES string of the molecule is CCCC1CC(C)C(c2ncc(-c3cc4ccc3CCc3ccc(c(-c5cnc(C6C(C)CC(CC)N6C(=O)C(NC=O)C(C)C)[nH]5)c3)CC4)[nH]2)N1C(=O)C(NC(=O)OC)C(C)C. The first-order valence-electron chi connectivity index (χ1n) is 23.3. The Morgan fingerprint density at radius 3 is 1.71 bits per heavy atom. The van der Waals surface area contributed by atoms with E-state index in [0.717, 1.165) is 92.0 Å². The number of nitrogens with one attached hydrogen (secondary N) is 4. The number of benzene rings is 2. The van der Waals surface area contributed by atoms with Crippen molar-refractivity contribution in [3.8, 4) is 22.5 Å². The molecular formula is C50H68N8O5. The van der Waals surface area contributed by atoms with Gasteiger partial charge in [-0.25, -0.2) is 14.8 Å². The number of likely N-dealkylation sites (tertiary alicyclic amines) is 2. The van der Waals surface area contributed by atoms with Crippen LogP contribution in [0.3, 0.4) is 0 Å². The molecule has 4 aliphatic carbocycles. The van der Waals surface area contributed by atoms with Crippen LogP contribution in [0.25, 0.3) is 22.5 Å². The molecule has 0 radical (unpaired) electrons. The van der Waals surface area contributed by atoms with Crippen LogP contribution in [0.2, 0.25) is 0 Å². The lowest BCUT2D eigenvalue weighted by atomic mass is 9.90. The molecule has 8 unspecified atom stereocenters. The monoisotopic (exact) mass is 861 g/mol. The van der Waals surface area contributed by atoms with Crippen LogP contribution in [-0.2, 0) is 44.8 Å².